The molecule has 0 saturated carbocycles. The van der Waals surface area contributed by atoms with Crippen molar-refractivity contribution >= 4 is 17.6 Å². The summed E-state index contributed by atoms with van der Waals surface area (Å²) in [5, 5.41) is 11.6. The van der Waals surface area contributed by atoms with E-state index in [2.05, 4.69) is 5.32 Å². The van der Waals surface area contributed by atoms with E-state index in [1.807, 2.05) is 0 Å². The fraction of sp³-hybridized carbons (Fsp3) is 0.333. The Kier molecular flexibility index (Phi) is 4.71. The number of hydrogen-bond acceptors (Lipinski definition) is 5. The molecule has 7 heteroatoms. The molecule has 1 amide bonds. The zero-order valence-corrected chi connectivity index (χ0v) is 10.9. The lowest BCUT2D eigenvalue weighted by atomic mass is 10.1. The van der Waals surface area contributed by atoms with Gasteiger partial charge in [0.2, 0.25) is 5.91 Å². The van der Waals surface area contributed by atoms with Gasteiger partial charge in [-0.2, -0.15) is 0 Å². The Morgan fingerprint density at radius 3 is 2.21 bits per heavy atom. The van der Waals surface area contributed by atoms with Crippen molar-refractivity contribution in [1.29, 1.82) is 0 Å². The van der Waals surface area contributed by atoms with Gasteiger partial charge in [0.05, 0.1) is 31.5 Å². The zero-order valence-electron chi connectivity index (χ0n) is 10.9. The highest BCUT2D eigenvalue weighted by Gasteiger charge is 2.18. The van der Waals surface area contributed by atoms with Gasteiger partial charge in [-0.05, 0) is 6.92 Å². The molecule has 7 nitrogen and oxygen atoms in total. The van der Waals surface area contributed by atoms with Crippen LogP contribution in [0.1, 0.15) is 17.3 Å². The highest BCUT2D eigenvalue weighted by molar-refractivity contribution is 6.02. The second-order valence-electron chi connectivity index (χ2n) is 3.84. The van der Waals surface area contributed by atoms with Crippen LogP contribution in [0.5, 0.6) is 11.5 Å². The summed E-state index contributed by atoms with van der Waals surface area (Å²) in [4.78, 5) is 22.7. The predicted molar refractivity (Wildman–Crippen MR) is 68.8 cm³/mol. The van der Waals surface area contributed by atoms with Crippen LogP contribution in [-0.2, 0) is 4.79 Å². The Hall–Kier alpha value is -2.28. The van der Waals surface area contributed by atoms with Crippen LogP contribution in [0.3, 0.4) is 0 Å². The molecule has 0 unspecified atom stereocenters. The number of methoxy groups -OCH3 is 2. The van der Waals surface area contributed by atoms with Gasteiger partial charge in [0.25, 0.3) is 0 Å². The minimum atomic E-state index is -1.19. The van der Waals surface area contributed by atoms with Crippen molar-refractivity contribution in [3.63, 3.8) is 0 Å². The number of carboxylic acid groups (broad SMARTS) is 1. The first kappa shape index (κ1) is 14.8. The first-order valence-electron chi connectivity index (χ1n) is 5.46. The molecule has 1 aromatic rings. The van der Waals surface area contributed by atoms with Crippen LogP contribution in [0.25, 0.3) is 0 Å². The Morgan fingerprint density at radius 1 is 1.26 bits per heavy atom. The highest BCUT2D eigenvalue weighted by Crippen LogP contribution is 2.33. The molecule has 0 bridgehead atoms. The summed E-state index contributed by atoms with van der Waals surface area (Å²) in [6.07, 6.45) is 0. The molecule has 0 aliphatic heterocycles. The first-order valence-corrected chi connectivity index (χ1v) is 5.46. The van der Waals surface area contributed by atoms with Crippen LogP contribution in [-0.4, -0.2) is 37.2 Å². The van der Waals surface area contributed by atoms with E-state index in [1.165, 1.54) is 33.3 Å². The average Bonchev–Trinajstić information content (AvgIpc) is 2.37. The molecular formula is C12H16N2O5. The molecule has 1 rings (SSSR count). The summed E-state index contributed by atoms with van der Waals surface area (Å²) in [7, 11) is 2.80. The topological polar surface area (TPSA) is 111 Å². The number of aromatic carboxylic acids is 1. The van der Waals surface area contributed by atoms with Gasteiger partial charge < -0.3 is 25.6 Å². The molecule has 0 heterocycles. The fourth-order valence-electron chi connectivity index (χ4n) is 1.41. The maximum absolute atomic E-state index is 11.5. The third-order valence-corrected chi connectivity index (χ3v) is 2.43. The summed E-state index contributed by atoms with van der Waals surface area (Å²) in [5.41, 5.74) is 5.42. The molecule has 0 saturated heterocycles. The van der Waals surface area contributed by atoms with Gasteiger partial charge in [-0.3, -0.25) is 4.79 Å². The quantitative estimate of drug-likeness (QED) is 0.724. The van der Waals surface area contributed by atoms with E-state index in [-0.39, 0.29) is 17.0 Å². The fourth-order valence-corrected chi connectivity index (χ4v) is 1.41. The number of benzene rings is 1. The number of anilines is 1. The normalized spacial score (nSPS) is 11.6. The predicted octanol–water partition coefficient (Wildman–Crippen LogP) is 0.688. The molecule has 0 aromatic heterocycles. The highest BCUT2D eigenvalue weighted by atomic mass is 16.5. The van der Waals surface area contributed by atoms with Gasteiger partial charge in [-0.15, -0.1) is 0 Å². The summed E-state index contributed by atoms with van der Waals surface area (Å²) < 4.78 is 10.1. The van der Waals surface area contributed by atoms with Gasteiger partial charge in [0, 0.05) is 12.1 Å². The molecule has 104 valence electrons. The van der Waals surface area contributed by atoms with Gasteiger partial charge >= 0.3 is 5.97 Å². The second-order valence-corrected chi connectivity index (χ2v) is 3.84. The van der Waals surface area contributed by atoms with Crippen LogP contribution < -0.4 is 20.5 Å². The smallest absolute Gasteiger partial charge is 0.337 e. The molecule has 0 radical (unpaired) electrons. The van der Waals surface area contributed by atoms with E-state index < -0.39 is 17.9 Å². The Bertz CT molecular complexity index is 499. The molecule has 0 aliphatic carbocycles. The Balaban J connectivity index is 3.27. The largest absolute Gasteiger partial charge is 0.493 e. The van der Waals surface area contributed by atoms with Crippen molar-refractivity contribution in [1.82, 2.24) is 0 Å². The maximum atomic E-state index is 11.5. The van der Waals surface area contributed by atoms with Crippen molar-refractivity contribution < 1.29 is 24.2 Å². The van der Waals surface area contributed by atoms with Gasteiger partial charge in [0.15, 0.2) is 11.5 Å². The standard InChI is InChI=1S/C12H16N2O5/c1-6(13)11(15)14-8-5-10(19-3)9(18-2)4-7(8)12(16)17/h4-6H,13H2,1-3H3,(H,14,15)(H,16,17)/t6-/m1/s1. The molecule has 1 atom stereocenters. The van der Waals surface area contributed by atoms with E-state index in [1.54, 1.807) is 0 Å². The lowest BCUT2D eigenvalue weighted by molar-refractivity contribution is -0.117. The SMILES string of the molecule is COc1cc(NC(=O)[C@@H](C)N)c(C(=O)O)cc1OC. The van der Waals surface area contributed by atoms with Gasteiger partial charge in [-0.1, -0.05) is 0 Å². The number of nitrogens with two attached hydrogens (primary N) is 1. The van der Waals surface area contributed by atoms with Crippen molar-refractivity contribution in [2.45, 2.75) is 13.0 Å². The maximum Gasteiger partial charge on any atom is 0.337 e. The molecule has 0 spiro atoms. The van der Waals surface area contributed by atoms with E-state index in [9.17, 15) is 9.59 Å². The van der Waals surface area contributed by atoms with E-state index in [0.29, 0.717) is 5.75 Å². The van der Waals surface area contributed by atoms with Crippen molar-refractivity contribution in [2.75, 3.05) is 19.5 Å². The van der Waals surface area contributed by atoms with Crippen LogP contribution in [0, 0.1) is 0 Å². The number of nitrogens with one attached hydrogen (secondary N) is 1. The third kappa shape index (κ3) is 3.35. The van der Waals surface area contributed by atoms with Crippen molar-refractivity contribution in [3.05, 3.63) is 17.7 Å². The number of rotatable bonds is 5. The Morgan fingerprint density at radius 2 is 1.79 bits per heavy atom. The number of ether oxygens (including phenoxy) is 2. The first-order chi connectivity index (χ1) is 8.90. The third-order valence-electron chi connectivity index (χ3n) is 2.43. The van der Waals surface area contributed by atoms with Crippen LogP contribution in [0.2, 0.25) is 0 Å². The molecule has 4 N–H and O–H groups in total. The molecule has 0 aliphatic rings. The molecule has 1 aromatic carbocycles. The van der Waals surface area contributed by atoms with Crippen molar-refractivity contribution in [2.24, 2.45) is 5.73 Å². The molecular weight excluding hydrogens is 252 g/mol. The summed E-state index contributed by atoms with van der Waals surface area (Å²) in [5.74, 6) is -1.11. The van der Waals surface area contributed by atoms with E-state index >= 15 is 0 Å². The lowest BCUT2D eigenvalue weighted by Gasteiger charge is -2.14. The summed E-state index contributed by atoms with van der Waals surface area (Å²) >= 11 is 0. The molecule has 19 heavy (non-hydrogen) atoms. The van der Waals surface area contributed by atoms with Gasteiger partial charge in [0.1, 0.15) is 0 Å². The number of carboxylic acids is 1. The zero-order chi connectivity index (χ0) is 14.6. The Labute approximate surface area is 110 Å². The van der Waals surface area contributed by atoms with E-state index in [4.69, 9.17) is 20.3 Å². The van der Waals surface area contributed by atoms with E-state index in [0.717, 1.165) is 0 Å². The minimum Gasteiger partial charge on any atom is -0.493 e. The monoisotopic (exact) mass is 268 g/mol. The number of carbonyl (C=O) groups is 2. The summed E-state index contributed by atoms with van der Waals surface area (Å²) in [6, 6.07) is 1.90. The van der Waals surface area contributed by atoms with Crippen LogP contribution >= 0.6 is 0 Å². The van der Waals surface area contributed by atoms with Crippen LogP contribution in [0.4, 0.5) is 5.69 Å². The second kappa shape index (κ2) is 6.05. The van der Waals surface area contributed by atoms with Crippen LogP contribution in [0.15, 0.2) is 12.1 Å². The van der Waals surface area contributed by atoms with Crippen molar-refractivity contribution in [3.8, 4) is 11.5 Å². The number of hydrogen-bond donors (Lipinski definition) is 3. The number of amides is 1. The molecule has 0 fully saturated rings. The van der Waals surface area contributed by atoms with Gasteiger partial charge in [-0.25, -0.2) is 4.79 Å². The minimum absolute atomic E-state index is 0.104. The average molecular weight is 268 g/mol. The number of carbonyl (C=O) groups excluding carboxylic acids is 1. The summed E-state index contributed by atoms with van der Waals surface area (Å²) in [6.45, 7) is 1.50. The lowest BCUT2D eigenvalue weighted by Crippen LogP contribution is -2.33.